The van der Waals surface area contributed by atoms with E-state index in [-0.39, 0.29) is 11.0 Å². The molecule has 5 aliphatic rings. The molecule has 2 aliphatic carbocycles. The number of rotatable bonds is 3. The molecule has 0 aromatic heterocycles. The lowest BCUT2D eigenvalue weighted by atomic mass is 9.62. The highest BCUT2D eigenvalue weighted by atomic mass is 35.5. The van der Waals surface area contributed by atoms with E-state index in [2.05, 4.69) is 59.3 Å². The van der Waals surface area contributed by atoms with Gasteiger partial charge in [0.2, 0.25) is 5.91 Å². The van der Waals surface area contributed by atoms with Gasteiger partial charge in [0.1, 0.15) is 0 Å². The number of fused-ring (bicyclic) bond motifs is 2. The van der Waals surface area contributed by atoms with Crippen molar-refractivity contribution >= 4 is 17.5 Å². The molecular weight excluding hydrogens is 432 g/mol. The Hall–Kier alpha value is -1.14. The minimum absolute atomic E-state index is 0.0160. The Kier molecular flexibility index (Phi) is 6.78. The molecule has 33 heavy (non-hydrogen) atoms. The first-order valence-electron chi connectivity index (χ1n) is 13.0. The van der Waals surface area contributed by atoms with Gasteiger partial charge in [-0.15, -0.1) is 18.2 Å². The molecule has 3 fully saturated rings. The summed E-state index contributed by atoms with van der Waals surface area (Å²) in [5.41, 5.74) is -0.140. The maximum Gasteiger partial charge on any atom is 0.222 e. The molecule has 0 spiro atoms. The molecule has 0 radical (unpaired) electrons. The van der Waals surface area contributed by atoms with Crippen molar-refractivity contribution < 1.29 is 4.79 Å². The minimum atomic E-state index is -0.123. The van der Waals surface area contributed by atoms with Crippen molar-refractivity contribution in [3.8, 4) is 0 Å². The fourth-order valence-electron chi connectivity index (χ4n) is 7.41. The summed E-state index contributed by atoms with van der Waals surface area (Å²) < 4.78 is 0. The summed E-state index contributed by atoms with van der Waals surface area (Å²) in [6, 6.07) is 0.298. The molecular formula is C27H40ClN4O-. The highest BCUT2D eigenvalue weighted by Gasteiger charge is 2.52. The van der Waals surface area contributed by atoms with Crippen LogP contribution in [0.25, 0.3) is 5.32 Å². The second-order valence-corrected chi connectivity index (χ2v) is 11.7. The van der Waals surface area contributed by atoms with Gasteiger partial charge in [-0.25, -0.2) is 0 Å². The lowest BCUT2D eigenvalue weighted by molar-refractivity contribution is -0.135. The van der Waals surface area contributed by atoms with Crippen LogP contribution < -0.4 is 5.32 Å². The molecule has 1 N–H and O–H groups in total. The first-order chi connectivity index (χ1) is 15.9. The molecule has 0 bridgehead atoms. The van der Waals surface area contributed by atoms with Crippen molar-refractivity contribution in [1.82, 2.24) is 15.1 Å². The fraction of sp³-hybridized carbons (Fsp3) is 0.741. The molecule has 1 amide bonds. The van der Waals surface area contributed by atoms with Crippen LogP contribution in [0.1, 0.15) is 46.0 Å². The average Bonchev–Trinajstić information content (AvgIpc) is 2.91. The molecule has 0 aromatic rings. The van der Waals surface area contributed by atoms with Crippen LogP contribution in [0.4, 0.5) is 0 Å². The summed E-state index contributed by atoms with van der Waals surface area (Å²) >= 11 is 6.48. The van der Waals surface area contributed by atoms with Crippen LogP contribution in [0.2, 0.25) is 0 Å². The maximum absolute atomic E-state index is 13.0. The predicted molar refractivity (Wildman–Crippen MR) is 135 cm³/mol. The van der Waals surface area contributed by atoms with E-state index in [1.54, 1.807) is 0 Å². The van der Waals surface area contributed by atoms with Crippen molar-refractivity contribution in [2.45, 2.75) is 57.5 Å². The van der Waals surface area contributed by atoms with E-state index in [4.69, 9.17) is 16.9 Å². The Labute approximate surface area is 204 Å². The second-order valence-electron chi connectivity index (χ2n) is 11.3. The average molecular weight is 472 g/mol. The molecule has 3 heterocycles. The van der Waals surface area contributed by atoms with Gasteiger partial charge in [-0.05, 0) is 62.6 Å². The van der Waals surface area contributed by atoms with Crippen LogP contribution in [-0.4, -0.2) is 73.1 Å². The van der Waals surface area contributed by atoms with Gasteiger partial charge < -0.3 is 15.5 Å². The zero-order chi connectivity index (χ0) is 23.1. The van der Waals surface area contributed by atoms with Crippen LogP contribution in [0.15, 0.2) is 35.4 Å². The van der Waals surface area contributed by atoms with Gasteiger partial charge in [0.15, 0.2) is 0 Å². The third-order valence-corrected chi connectivity index (χ3v) is 9.56. The molecule has 182 valence electrons. The zero-order valence-electron chi connectivity index (χ0n) is 20.3. The summed E-state index contributed by atoms with van der Waals surface area (Å²) in [4.78, 5) is 17.8. The first kappa shape index (κ1) is 23.6. The Balaban J connectivity index is 1.34. The van der Waals surface area contributed by atoms with Crippen molar-refractivity contribution in [2.24, 2.45) is 23.2 Å². The quantitative estimate of drug-likeness (QED) is 0.624. The standard InChI is InChI=1S/C27H40ClN4O/c1-26-10-7-23(28)19-22(26)6-5-21-4-3-11-30-27(21,2)25(26)32-16-14-31(15-17-32)24(33)18-20-8-12-29-13-9-20/h3-4,7,10,19-22,25,29H,5-6,8-9,11-18H2,1-2H3/q-1. The van der Waals surface area contributed by atoms with Crippen LogP contribution in [0.3, 0.4) is 0 Å². The molecule has 2 saturated heterocycles. The number of piperidine rings is 1. The van der Waals surface area contributed by atoms with Crippen molar-refractivity contribution in [1.29, 1.82) is 0 Å². The number of piperazine rings is 1. The Bertz CT molecular complexity index is 826. The van der Waals surface area contributed by atoms with Crippen molar-refractivity contribution in [3.63, 3.8) is 0 Å². The monoisotopic (exact) mass is 471 g/mol. The van der Waals surface area contributed by atoms with Gasteiger partial charge in [-0.3, -0.25) is 9.69 Å². The molecule has 0 aromatic carbocycles. The van der Waals surface area contributed by atoms with Gasteiger partial charge in [0.05, 0.1) is 0 Å². The lowest BCUT2D eigenvalue weighted by Crippen LogP contribution is -2.65. The third kappa shape index (κ3) is 4.47. The molecule has 5 nitrogen and oxygen atoms in total. The third-order valence-electron chi connectivity index (χ3n) is 9.30. The smallest absolute Gasteiger partial charge is 0.222 e. The van der Waals surface area contributed by atoms with Crippen LogP contribution in [0.5, 0.6) is 0 Å². The number of hydrogen-bond acceptors (Lipinski definition) is 3. The first-order valence-corrected chi connectivity index (χ1v) is 13.4. The number of carbonyl (C=O) groups excluding carboxylic acids is 1. The number of halogens is 1. The predicted octanol–water partition coefficient (Wildman–Crippen LogP) is 4.32. The van der Waals surface area contributed by atoms with E-state index in [9.17, 15) is 4.79 Å². The van der Waals surface area contributed by atoms with Gasteiger partial charge in [-0.2, -0.15) is 0 Å². The normalized spacial score (nSPS) is 40.0. The zero-order valence-corrected chi connectivity index (χ0v) is 21.1. The maximum atomic E-state index is 13.0. The molecule has 6 heteroatoms. The Morgan fingerprint density at radius 3 is 2.61 bits per heavy atom. The van der Waals surface area contributed by atoms with Gasteiger partial charge in [-0.1, -0.05) is 43.7 Å². The summed E-state index contributed by atoms with van der Waals surface area (Å²) in [6.45, 7) is 11.2. The van der Waals surface area contributed by atoms with E-state index in [0.29, 0.717) is 29.7 Å². The number of nitrogens with one attached hydrogen (secondary N) is 1. The van der Waals surface area contributed by atoms with E-state index in [0.717, 1.165) is 82.9 Å². The Morgan fingerprint density at radius 2 is 1.85 bits per heavy atom. The summed E-state index contributed by atoms with van der Waals surface area (Å²) in [6.07, 6.45) is 16.7. The summed E-state index contributed by atoms with van der Waals surface area (Å²) in [7, 11) is 0. The largest absolute Gasteiger partial charge is 0.652 e. The topological polar surface area (TPSA) is 49.7 Å². The number of nitrogens with zero attached hydrogens (tertiary/aromatic N) is 3. The Morgan fingerprint density at radius 1 is 1.12 bits per heavy atom. The van der Waals surface area contributed by atoms with E-state index < -0.39 is 0 Å². The molecule has 5 atom stereocenters. The summed E-state index contributed by atoms with van der Waals surface area (Å²) in [5.74, 6) is 1.78. The molecule has 5 rings (SSSR count). The van der Waals surface area contributed by atoms with E-state index >= 15 is 0 Å². The van der Waals surface area contributed by atoms with Gasteiger partial charge >= 0.3 is 0 Å². The number of amides is 1. The number of allylic oxidation sites excluding steroid dienone is 3. The van der Waals surface area contributed by atoms with Crippen LogP contribution >= 0.6 is 11.6 Å². The van der Waals surface area contributed by atoms with Crippen molar-refractivity contribution in [2.75, 3.05) is 45.8 Å². The number of carbonyl (C=O) groups is 1. The SMILES string of the molecule is CC12C=CC(Cl)=CC1CCC1C=CC[N-]C1(C)C2N1CCN(C(=O)CC2CCNCC2)CC1. The minimum Gasteiger partial charge on any atom is -0.652 e. The van der Waals surface area contributed by atoms with Crippen LogP contribution in [-0.2, 0) is 4.79 Å². The molecule has 3 aliphatic heterocycles. The van der Waals surface area contributed by atoms with Gasteiger partial charge in [0.25, 0.3) is 0 Å². The highest BCUT2D eigenvalue weighted by Crippen LogP contribution is 2.55. The summed E-state index contributed by atoms with van der Waals surface area (Å²) in [5, 5.41) is 9.56. The second kappa shape index (κ2) is 9.49. The fourth-order valence-corrected chi connectivity index (χ4v) is 7.62. The molecule has 1 saturated carbocycles. The number of hydrogen-bond donors (Lipinski definition) is 1. The van der Waals surface area contributed by atoms with Crippen LogP contribution in [0, 0.1) is 23.2 Å². The molecule has 5 unspecified atom stereocenters. The van der Waals surface area contributed by atoms with Gasteiger partial charge in [0, 0.05) is 49.1 Å². The van der Waals surface area contributed by atoms with Crippen molar-refractivity contribution in [3.05, 3.63) is 40.7 Å². The highest BCUT2D eigenvalue weighted by molar-refractivity contribution is 6.31. The lowest BCUT2D eigenvalue weighted by Gasteiger charge is -2.63. The van der Waals surface area contributed by atoms with E-state index in [1.165, 1.54) is 0 Å². The van der Waals surface area contributed by atoms with E-state index in [1.807, 2.05) is 0 Å².